The van der Waals surface area contributed by atoms with Crippen molar-refractivity contribution < 1.29 is 0 Å². The summed E-state index contributed by atoms with van der Waals surface area (Å²) in [7, 11) is 0. The summed E-state index contributed by atoms with van der Waals surface area (Å²) >= 11 is 6.09. The molecule has 2 heteroatoms. The van der Waals surface area contributed by atoms with Crippen LogP contribution in [-0.4, -0.2) is 6.04 Å². The van der Waals surface area contributed by atoms with Crippen molar-refractivity contribution in [3.8, 4) is 0 Å². The fourth-order valence-electron chi connectivity index (χ4n) is 1.55. The Bertz CT molecular complexity index is 352. The molecule has 0 aliphatic carbocycles. The van der Waals surface area contributed by atoms with Crippen LogP contribution in [0.1, 0.15) is 38.3 Å². The molecule has 0 fully saturated rings. The highest BCUT2D eigenvalue weighted by Crippen LogP contribution is 2.23. The molecule has 0 aliphatic rings. The fourth-order valence-corrected chi connectivity index (χ4v) is 1.75. The molecule has 1 aromatic carbocycles. The first-order valence-electron chi connectivity index (χ1n) is 5.81. The molecule has 0 heterocycles. The van der Waals surface area contributed by atoms with E-state index >= 15 is 0 Å². The summed E-state index contributed by atoms with van der Waals surface area (Å²) in [6.07, 6.45) is 2.00. The molecule has 0 amide bonds. The van der Waals surface area contributed by atoms with Gasteiger partial charge >= 0.3 is 0 Å². The molecule has 16 heavy (non-hydrogen) atoms. The lowest BCUT2D eigenvalue weighted by Gasteiger charge is -2.27. The lowest BCUT2D eigenvalue weighted by atomic mass is 9.84. The Hall–Kier alpha value is -0.530. The van der Waals surface area contributed by atoms with Gasteiger partial charge in [-0.05, 0) is 42.4 Å². The molecule has 90 valence electrons. The molecule has 0 aromatic heterocycles. The van der Waals surface area contributed by atoms with Gasteiger partial charge in [-0.25, -0.2) is 0 Å². The molecule has 2 N–H and O–H groups in total. The number of aryl methyl sites for hydroxylation is 2. The highest BCUT2D eigenvalue weighted by atomic mass is 35.5. The van der Waals surface area contributed by atoms with E-state index in [9.17, 15) is 0 Å². The van der Waals surface area contributed by atoms with Gasteiger partial charge in [0.25, 0.3) is 0 Å². The molecule has 0 saturated carbocycles. The monoisotopic (exact) mass is 239 g/mol. The van der Waals surface area contributed by atoms with E-state index in [0.29, 0.717) is 0 Å². The molecule has 0 saturated heterocycles. The zero-order chi connectivity index (χ0) is 12.3. The number of halogens is 1. The smallest absolute Gasteiger partial charge is 0.0437 e. The van der Waals surface area contributed by atoms with Crippen LogP contribution in [-0.2, 0) is 6.42 Å². The number of nitrogens with two attached hydrogens (primary N) is 1. The predicted octanol–water partition coefficient (Wildman–Crippen LogP) is 3.95. The van der Waals surface area contributed by atoms with Crippen LogP contribution < -0.4 is 5.73 Å². The summed E-state index contributed by atoms with van der Waals surface area (Å²) in [6.45, 7) is 8.56. The molecule has 0 spiro atoms. The van der Waals surface area contributed by atoms with Crippen molar-refractivity contribution in [2.45, 2.75) is 46.6 Å². The van der Waals surface area contributed by atoms with Gasteiger partial charge in [-0.3, -0.25) is 0 Å². The van der Waals surface area contributed by atoms with Crippen LogP contribution >= 0.6 is 11.6 Å². The lowest BCUT2D eigenvalue weighted by Crippen LogP contribution is -2.35. The summed E-state index contributed by atoms with van der Waals surface area (Å²) < 4.78 is 0. The van der Waals surface area contributed by atoms with Gasteiger partial charge < -0.3 is 5.73 Å². The maximum atomic E-state index is 6.13. The Balaban J connectivity index is 2.58. The second-order valence-corrected chi connectivity index (χ2v) is 6.00. The molecule has 1 nitrogen and oxygen atoms in total. The molecule has 0 bridgehead atoms. The van der Waals surface area contributed by atoms with E-state index in [1.54, 1.807) is 0 Å². The topological polar surface area (TPSA) is 26.0 Å². The zero-order valence-corrected chi connectivity index (χ0v) is 11.4. The van der Waals surface area contributed by atoms with Crippen LogP contribution in [0.2, 0.25) is 5.02 Å². The van der Waals surface area contributed by atoms with E-state index in [4.69, 9.17) is 17.3 Å². The van der Waals surface area contributed by atoms with Gasteiger partial charge in [0.05, 0.1) is 0 Å². The van der Waals surface area contributed by atoms with Crippen molar-refractivity contribution in [2.24, 2.45) is 11.1 Å². The Morgan fingerprint density at radius 3 is 2.44 bits per heavy atom. The van der Waals surface area contributed by atoms with Crippen LogP contribution in [0.15, 0.2) is 18.2 Å². The maximum Gasteiger partial charge on any atom is 0.0437 e. The van der Waals surface area contributed by atoms with Crippen molar-refractivity contribution in [1.29, 1.82) is 0 Å². The minimum Gasteiger partial charge on any atom is -0.327 e. The average molecular weight is 240 g/mol. The second-order valence-electron chi connectivity index (χ2n) is 5.59. The van der Waals surface area contributed by atoms with Gasteiger partial charge in [-0.2, -0.15) is 0 Å². The number of hydrogen-bond donors (Lipinski definition) is 1. The normalized spacial score (nSPS) is 13.9. The molecule has 0 radical (unpaired) electrons. The molecule has 0 aliphatic heterocycles. The van der Waals surface area contributed by atoms with Gasteiger partial charge in [0.1, 0.15) is 0 Å². The van der Waals surface area contributed by atoms with Gasteiger partial charge in [0.2, 0.25) is 0 Å². The van der Waals surface area contributed by atoms with Gasteiger partial charge in [0, 0.05) is 11.1 Å². The molecule has 1 aromatic rings. The maximum absolute atomic E-state index is 6.13. The van der Waals surface area contributed by atoms with Gasteiger partial charge in [-0.15, -0.1) is 0 Å². The third-order valence-corrected chi connectivity index (χ3v) is 3.50. The first-order valence-corrected chi connectivity index (χ1v) is 6.19. The summed E-state index contributed by atoms with van der Waals surface area (Å²) in [5, 5.41) is 0.849. The minimum absolute atomic E-state index is 0.175. The van der Waals surface area contributed by atoms with E-state index in [1.807, 2.05) is 13.0 Å². The van der Waals surface area contributed by atoms with E-state index in [2.05, 4.69) is 32.9 Å². The second kappa shape index (κ2) is 5.20. The third kappa shape index (κ3) is 3.80. The van der Waals surface area contributed by atoms with Crippen molar-refractivity contribution in [2.75, 3.05) is 0 Å². The first-order chi connectivity index (χ1) is 7.30. The Kier molecular flexibility index (Phi) is 4.40. The van der Waals surface area contributed by atoms with Gasteiger partial charge in [0.15, 0.2) is 0 Å². The average Bonchev–Trinajstić information content (AvgIpc) is 2.18. The van der Waals surface area contributed by atoms with Crippen LogP contribution in [0.4, 0.5) is 0 Å². The van der Waals surface area contributed by atoms with E-state index in [1.165, 1.54) is 5.56 Å². The molecule has 1 atom stereocenters. The van der Waals surface area contributed by atoms with Crippen LogP contribution in [0.25, 0.3) is 0 Å². The SMILES string of the molecule is Cc1ccc(CCC(N)C(C)(C)C)cc1Cl. The molecular weight excluding hydrogens is 218 g/mol. The zero-order valence-electron chi connectivity index (χ0n) is 10.7. The summed E-state index contributed by atoms with van der Waals surface area (Å²) in [5.74, 6) is 0. The highest BCUT2D eigenvalue weighted by molar-refractivity contribution is 6.31. The molecule has 1 rings (SSSR count). The van der Waals surface area contributed by atoms with Crippen molar-refractivity contribution in [1.82, 2.24) is 0 Å². The van der Waals surface area contributed by atoms with Crippen molar-refractivity contribution >= 4 is 11.6 Å². The lowest BCUT2D eigenvalue weighted by molar-refractivity contribution is 0.306. The summed E-state index contributed by atoms with van der Waals surface area (Å²) in [6, 6.07) is 6.48. The Labute approximate surface area is 104 Å². The third-order valence-electron chi connectivity index (χ3n) is 3.09. The number of rotatable bonds is 3. The van der Waals surface area contributed by atoms with Crippen LogP contribution in [0, 0.1) is 12.3 Å². The summed E-state index contributed by atoms with van der Waals surface area (Å²) in [5.41, 5.74) is 8.71. The van der Waals surface area contributed by atoms with Crippen LogP contribution in [0.3, 0.4) is 0 Å². The number of benzene rings is 1. The Morgan fingerprint density at radius 2 is 1.94 bits per heavy atom. The summed E-state index contributed by atoms with van der Waals surface area (Å²) in [4.78, 5) is 0. The van der Waals surface area contributed by atoms with Crippen molar-refractivity contribution in [3.05, 3.63) is 34.3 Å². The van der Waals surface area contributed by atoms with Crippen LogP contribution in [0.5, 0.6) is 0 Å². The standard InChI is InChI=1S/C14H22ClN/c1-10-5-6-11(9-12(10)15)7-8-13(16)14(2,3)4/h5-6,9,13H,7-8,16H2,1-4H3. The quantitative estimate of drug-likeness (QED) is 0.849. The van der Waals surface area contributed by atoms with Crippen molar-refractivity contribution in [3.63, 3.8) is 0 Å². The molecule has 1 unspecified atom stereocenters. The molecular formula is C14H22ClN. The first kappa shape index (κ1) is 13.5. The minimum atomic E-state index is 0.175. The van der Waals surface area contributed by atoms with E-state index in [0.717, 1.165) is 23.4 Å². The van der Waals surface area contributed by atoms with E-state index < -0.39 is 0 Å². The predicted molar refractivity (Wildman–Crippen MR) is 71.9 cm³/mol. The fraction of sp³-hybridized carbons (Fsp3) is 0.571. The largest absolute Gasteiger partial charge is 0.327 e. The highest BCUT2D eigenvalue weighted by Gasteiger charge is 2.19. The van der Waals surface area contributed by atoms with Gasteiger partial charge in [-0.1, -0.05) is 44.5 Å². The van der Waals surface area contributed by atoms with E-state index in [-0.39, 0.29) is 11.5 Å². The number of hydrogen-bond acceptors (Lipinski definition) is 1. The Morgan fingerprint density at radius 1 is 1.31 bits per heavy atom.